The maximum Gasteiger partial charge on any atom is 0.0984 e. The molecule has 5 aromatic carbocycles. The molecule has 0 aromatic heterocycles. The van der Waals surface area contributed by atoms with E-state index in [2.05, 4.69) is 10.9 Å². The molecule has 0 aliphatic heterocycles. The van der Waals surface area contributed by atoms with Gasteiger partial charge in [0.1, 0.15) is 0 Å². The summed E-state index contributed by atoms with van der Waals surface area (Å²) in [6.45, 7) is 0. The Kier molecular flexibility index (Phi) is 8.14. The van der Waals surface area contributed by atoms with Crippen LogP contribution in [-0.2, 0) is 0 Å². The van der Waals surface area contributed by atoms with E-state index < -0.39 is 0 Å². The van der Waals surface area contributed by atoms with Gasteiger partial charge in [0.05, 0.1) is 22.8 Å². The van der Waals surface area contributed by atoms with Gasteiger partial charge in [-0.15, -0.1) is 0 Å². The molecule has 0 aliphatic rings. The fourth-order valence-electron chi connectivity index (χ4n) is 3.94. The number of rotatable bonds is 8. The van der Waals surface area contributed by atoms with Gasteiger partial charge >= 0.3 is 0 Å². The van der Waals surface area contributed by atoms with Crippen LogP contribution in [0.2, 0.25) is 10.0 Å². The Bertz CT molecular complexity index is 1430. The Hall–Kier alpha value is -4.38. The second-order valence-electron chi connectivity index (χ2n) is 8.44. The highest BCUT2D eigenvalue weighted by atomic mass is 35.5. The summed E-state index contributed by atoms with van der Waals surface area (Å²) < 4.78 is 0. The lowest BCUT2D eigenvalue weighted by Gasteiger charge is -2.16. The van der Waals surface area contributed by atoms with E-state index in [4.69, 9.17) is 33.4 Å². The van der Waals surface area contributed by atoms with Crippen molar-refractivity contribution in [1.29, 1.82) is 0 Å². The second-order valence-corrected chi connectivity index (χ2v) is 9.31. The number of halogens is 2. The molecule has 0 bridgehead atoms. The summed E-state index contributed by atoms with van der Waals surface area (Å²) in [6, 6.07) is 43.1. The molecule has 6 heteroatoms. The zero-order valence-corrected chi connectivity index (χ0v) is 21.9. The van der Waals surface area contributed by atoms with Gasteiger partial charge in [-0.2, -0.15) is 10.2 Å². The Morgan fingerprint density at radius 1 is 0.421 bits per heavy atom. The number of nitrogens with zero attached hydrogens (tertiary/aromatic N) is 2. The van der Waals surface area contributed by atoms with Crippen LogP contribution in [0.1, 0.15) is 22.3 Å². The largest absolute Gasteiger partial charge is 0.278 e. The van der Waals surface area contributed by atoms with Crippen molar-refractivity contribution in [2.75, 3.05) is 10.9 Å². The van der Waals surface area contributed by atoms with Crippen LogP contribution in [0.15, 0.2) is 144 Å². The van der Waals surface area contributed by atoms with Crippen molar-refractivity contribution in [3.8, 4) is 0 Å². The van der Waals surface area contributed by atoms with E-state index in [-0.39, 0.29) is 0 Å². The quantitative estimate of drug-likeness (QED) is 0.154. The molecule has 5 rings (SSSR count). The van der Waals surface area contributed by atoms with E-state index >= 15 is 0 Å². The average Bonchev–Trinajstić information content (AvgIpc) is 2.97. The summed E-state index contributed by atoms with van der Waals surface area (Å²) in [4.78, 5) is 0. The first-order chi connectivity index (χ1) is 18.7. The van der Waals surface area contributed by atoms with Gasteiger partial charge in [-0.3, -0.25) is 10.9 Å². The summed E-state index contributed by atoms with van der Waals surface area (Å²) in [6.07, 6.45) is 0. The molecule has 0 aliphatic carbocycles. The summed E-state index contributed by atoms with van der Waals surface area (Å²) >= 11 is 12.4. The van der Waals surface area contributed by atoms with Crippen LogP contribution in [0.25, 0.3) is 0 Å². The number of hydrogen-bond acceptors (Lipinski definition) is 4. The van der Waals surface area contributed by atoms with Crippen molar-refractivity contribution in [1.82, 2.24) is 0 Å². The standard InChI is InChI=1S/C32H24Cl2N4/c33-25-19-15-23(16-20-25)31(37-35-27-9-3-1-4-10-27)29-13-7-8-14-30(29)32(24-17-21-26(34)22-18-24)38-36-28-11-5-2-6-12-28/h1-22,35-36H. The number of hydrogen-bond donors (Lipinski definition) is 2. The SMILES string of the molecule is Clc1ccc(C(=NNc2ccccc2)c2ccccc2C(=NNc2ccccc2)c2ccc(Cl)cc2)cc1. The van der Waals surface area contributed by atoms with E-state index in [0.29, 0.717) is 10.0 Å². The summed E-state index contributed by atoms with van der Waals surface area (Å²) in [5, 5.41) is 11.0. The van der Waals surface area contributed by atoms with Gasteiger partial charge in [0, 0.05) is 32.3 Å². The van der Waals surface area contributed by atoms with Gasteiger partial charge in [0.25, 0.3) is 0 Å². The van der Waals surface area contributed by atoms with Crippen LogP contribution in [0.5, 0.6) is 0 Å². The Morgan fingerprint density at radius 3 is 1.13 bits per heavy atom. The molecule has 2 N–H and O–H groups in total. The fraction of sp³-hybridized carbons (Fsp3) is 0. The van der Waals surface area contributed by atoms with Gasteiger partial charge in [-0.1, -0.05) is 108 Å². The van der Waals surface area contributed by atoms with E-state index in [1.807, 2.05) is 133 Å². The monoisotopic (exact) mass is 534 g/mol. The normalized spacial score (nSPS) is 11.7. The van der Waals surface area contributed by atoms with Crippen LogP contribution in [-0.4, -0.2) is 11.4 Å². The average molecular weight is 535 g/mol. The highest BCUT2D eigenvalue weighted by Crippen LogP contribution is 2.23. The number of benzene rings is 5. The van der Waals surface area contributed by atoms with Crippen molar-refractivity contribution in [3.05, 3.63) is 166 Å². The third-order valence-corrected chi connectivity index (χ3v) is 6.32. The Morgan fingerprint density at radius 2 is 0.763 bits per heavy atom. The summed E-state index contributed by atoms with van der Waals surface area (Å²) in [5.74, 6) is 0. The van der Waals surface area contributed by atoms with E-state index in [9.17, 15) is 0 Å². The molecule has 0 unspecified atom stereocenters. The van der Waals surface area contributed by atoms with E-state index in [1.165, 1.54) is 0 Å². The number of hydrazone groups is 2. The van der Waals surface area contributed by atoms with Crippen LogP contribution in [0.4, 0.5) is 11.4 Å². The topological polar surface area (TPSA) is 48.8 Å². The van der Waals surface area contributed by atoms with Crippen molar-refractivity contribution in [2.24, 2.45) is 10.2 Å². The minimum Gasteiger partial charge on any atom is -0.278 e. The molecule has 186 valence electrons. The van der Waals surface area contributed by atoms with Crippen molar-refractivity contribution in [3.63, 3.8) is 0 Å². The van der Waals surface area contributed by atoms with Crippen molar-refractivity contribution in [2.45, 2.75) is 0 Å². The minimum absolute atomic E-state index is 0.660. The fourth-order valence-corrected chi connectivity index (χ4v) is 4.19. The van der Waals surface area contributed by atoms with E-state index in [0.717, 1.165) is 45.1 Å². The van der Waals surface area contributed by atoms with Crippen molar-refractivity contribution < 1.29 is 0 Å². The highest BCUT2D eigenvalue weighted by Gasteiger charge is 2.18. The first-order valence-corrected chi connectivity index (χ1v) is 12.8. The number of anilines is 2. The summed E-state index contributed by atoms with van der Waals surface area (Å²) in [5.41, 5.74) is 13.3. The van der Waals surface area contributed by atoms with Gasteiger partial charge < -0.3 is 0 Å². The zero-order chi connectivity index (χ0) is 26.2. The van der Waals surface area contributed by atoms with Crippen LogP contribution in [0, 0.1) is 0 Å². The molecule has 4 nitrogen and oxygen atoms in total. The molecule has 0 saturated heterocycles. The predicted molar refractivity (Wildman–Crippen MR) is 161 cm³/mol. The van der Waals surface area contributed by atoms with Gasteiger partial charge in [-0.05, 0) is 48.5 Å². The molecule has 0 amide bonds. The third-order valence-electron chi connectivity index (χ3n) is 5.81. The van der Waals surface area contributed by atoms with E-state index in [1.54, 1.807) is 0 Å². The maximum atomic E-state index is 6.22. The molecular formula is C32H24Cl2N4. The first-order valence-electron chi connectivity index (χ1n) is 12.1. The molecule has 5 aromatic rings. The molecule has 0 atom stereocenters. The molecule has 0 heterocycles. The van der Waals surface area contributed by atoms with Crippen LogP contribution < -0.4 is 10.9 Å². The second kappa shape index (κ2) is 12.2. The molecule has 0 fully saturated rings. The lowest BCUT2D eigenvalue weighted by atomic mass is 9.92. The van der Waals surface area contributed by atoms with Gasteiger partial charge in [-0.25, -0.2) is 0 Å². The van der Waals surface area contributed by atoms with Crippen LogP contribution >= 0.6 is 23.2 Å². The molecular weight excluding hydrogens is 511 g/mol. The maximum absolute atomic E-state index is 6.22. The molecule has 0 radical (unpaired) electrons. The minimum atomic E-state index is 0.660. The zero-order valence-electron chi connectivity index (χ0n) is 20.4. The summed E-state index contributed by atoms with van der Waals surface area (Å²) in [7, 11) is 0. The van der Waals surface area contributed by atoms with Gasteiger partial charge in [0.2, 0.25) is 0 Å². The lowest BCUT2D eigenvalue weighted by molar-refractivity contribution is 1.31. The van der Waals surface area contributed by atoms with Gasteiger partial charge in [0.15, 0.2) is 0 Å². The smallest absolute Gasteiger partial charge is 0.0984 e. The molecule has 38 heavy (non-hydrogen) atoms. The van der Waals surface area contributed by atoms with Crippen molar-refractivity contribution >= 4 is 46.0 Å². The highest BCUT2D eigenvalue weighted by molar-refractivity contribution is 6.31. The predicted octanol–water partition coefficient (Wildman–Crippen LogP) is 8.72. The number of nitrogens with one attached hydrogen (secondary N) is 2. The Balaban J connectivity index is 1.65. The number of para-hydroxylation sites is 2. The third kappa shape index (κ3) is 6.30. The molecule has 0 spiro atoms. The first kappa shape index (κ1) is 25.3. The Labute approximate surface area is 232 Å². The lowest BCUT2D eigenvalue weighted by Crippen LogP contribution is -2.15. The molecule has 0 saturated carbocycles. The van der Waals surface area contributed by atoms with Crippen LogP contribution in [0.3, 0.4) is 0 Å².